The van der Waals surface area contributed by atoms with Gasteiger partial charge < -0.3 is 0 Å². The van der Waals surface area contributed by atoms with Gasteiger partial charge in [-0.15, -0.1) is 0 Å². The zero-order valence-electron chi connectivity index (χ0n) is 8.58. The number of hydrogen-bond donors (Lipinski definition) is 0. The van der Waals surface area contributed by atoms with Crippen molar-refractivity contribution < 1.29 is 9.18 Å². The Kier molecular flexibility index (Phi) is 3.74. The average molecular weight is 358 g/mol. The van der Waals surface area contributed by atoms with Crippen LogP contribution < -0.4 is 0 Å². The van der Waals surface area contributed by atoms with Crippen molar-refractivity contribution >= 4 is 37.6 Å². The van der Waals surface area contributed by atoms with Gasteiger partial charge in [0.15, 0.2) is 5.78 Å². The van der Waals surface area contributed by atoms with E-state index in [0.717, 1.165) is 4.47 Å². The number of halogens is 3. The molecular weight excluding hydrogens is 351 g/mol. The average Bonchev–Trinajstić information content (AvgIpc) is 2.28. The summed E-state index contributed by atoms with van der Waals surface area (Å²) in [5, 5.41) is 0. The van der Waals surface area contributed by atoms with E-state index < -0.39 is 5.82 Å². The molecule has 0 spiro atoms. The van der Waals surface area contributed by atoms with Crippen molar-refractivity contribution in [2.24, 2.45) is 0 Å². The highest BCUT2D eigenvalue weighted by molar-refractivity contribution is 9.11. The van der Waals surface area contributed by atoms with Crippen LogP contribution in [0.3, 0.4) is 0 Å². The Bertz CT molecular complexity index is 581. The first-order valence-corrected chi connectivity index (χ1v) is 6.42. The van der Waals surface area contributed by atoms with E-state index in [2.05, 4.69) is 31.9 Å². The van der Waals surface area contributed by atoms with Crippen molar-refractivity contribution in [3.63, 3.8) is 0 Å². The van der Waals surface area contributed by atoms with Gasteiger partial charge in [0.1, 0.15) is 5.82 Å². The van der Waals surface area contributed by atoms with Crippen molar-refractivity contribution in [2.75, 3.05) is 0 Å². The van der Waals surface area contributed by atoms with Crippen molar-refractivity contribution in [1.82, 2.24) is 0 Å². The molecule has 86 valence electrons. The number of carbonyl (C=O) groups is 1. The molecule has 4 heteroatoms. The second-order valence-corrected chi connectivity index (χ2v) is 5.23. The van der Waals surface area contributed by atoms with E-state index in [4.69, 9.17) is 0 Å². The molecule has 0 unspecified atom stereocenters. The minimum atomic E-state index is -0.413. The topological polar surface area (TPSA) is 17.1 Å². The van der Waals surface area contributed by atoms with Gasteiger partial charge in [-0.25, -0.2) is 4.39 Å². The van der Waals surface area contributed by atoms with Gasteiger partial charge in [0, 0.05) is 20.1 Å². The van der Waals surface area contributed by atoms with Crippen LogP contribution in [0.1, 0.15) is 15.9 Å². The van der Waals surface area contributed by atoms with Crippen LogP contribution in [0.15, 0.2) is 51.4 Å². The zero-order valence-corrected chi connectivity index (χ0v) is 11.8. The Labute approximate surface area is 115 Å². The molecular formula is C13H7Br2FO. The molecule has 2 aromatic rings. The van der Waals surface area contributed by atoms with Crippen molar-refractivity contribution in [3.05, 3.63) is 68.4 Å². The Morgan fingerprint density at radius 3 is 2.47 bits per heavy atom. The van der Waals surface area contributed by atoms with E-state index in [1.807, 2.05) is 0 Å². The summed E-state index contributed by atoms with van der Waals surface area (Å²) < 4.78 is 14.6. The second-order valence-electron chi connectivity index (χ2n) is 3.46. The normalized spacial score (nSPS) is 10.3. The SMILES string of the molecule is O=C(c1cccc(F)c1)c1ccc(Br)cc1Br. The molecule has 0 amide bonds. The highest BCUT2D eigenvalue weighted by atomic mass is 79.9. The minimum Gasteiger partial charge on any atom is -0.289 e. The molecule has 17 heavy (non-hydrogen) atoms. The van der Waals surface area contributed by atoms with Gasteiger partial charge in [-0.05, 0) is 46.3 Å². The highest BCUT2D eigenvalue weighted by Gasteiger charge is 2.13. The molecule has 0 N–H and O–H groups in total. The number of ketones is 1. The molecule has 0 atom stereocenters. The van der Waals surface area contributed by atoms with E-state index in [1.54, 1.807) is 24.3 Å². The van der Waals surface area contributed by atoms with E-state index in [0.29, 0.717) is 15.6 Å². The standard InChI is InChI=1S/C13H7Br2FO/c14-9-4-5-11(12(15)7-9)13(17)8-2-1-3-10(16)6-8/h1-7H. The summed E-state index contributed by atoms with van der Waals surface area (Å²) in [5.41, 5.74) is 0.854. The summed E-state index contributed by atoms with van der Waals surface area (Å²) in [6.07, 6.45) is 0. The van der Waals surface area contributed by atoms with Crippen molar-refractivity contribution in [1.29, 1.82) is 0 Å². The molecule has 0 saturated carbocycles. The van der Waals surface area contributed by atoms with Crippen LogP contribution in [0.5, 0.6) is 0 Å². The molecule has 0 aliphatic carbocycles. The second kappa shape index (κ2) is 5.10. The van der Waals surface area contributed by atoms with Gasteiger partial charge in [0.05, 0.1) is 0 Å². The van der Waals surface area contributed by atoms with Crippen LogP contribution in [0.25, 0.3) is 0 Å². The van der Waals surface area contributed by atoms with Gasteiger partial charge in [-0.3, -0.25) is 4.79 Å². The fraction of sp³-hybridized carbons (Fsp3) is 0. The van der Waals surface area contributed by atoms with Crippen LogP contribution in [-0.2, 0) is 0 Å². The molecule has 0 aliphatic heterocycles. The lowest BCUT2D eigenvalue weighted by Crippen LogP contribution is -2.02. The Balaban J connectivity index is 2.44. The summed E-state index contributed by atoms with van der Waals surface area (Å²) in [7, 11) is 0. The summed E-state index contributed by atoms with van der Waals surface area (Å²) >= 11 is 6.63. The van der Waals surface area contributed by atoms with Crippen LogP contribution in [0.2, 0.25) is 0 Å². The summed E-state index contributed by atoms with van der Waals surface area (Å²) in [5.74, 6) is -0.618. The quantitative estimate of drug-likeness (QED) is 0.719. The first-order valence-electron chi connectivity index (χ1n) is 4.83. The molecule has 2 rings (SSSR count). The van der Waals surface area contributed by atoms with Crippen LogP contribution in [-0.4, -0.2) is 5.78 Å². The first kappa shape index (κ1) is 12.5. The predicted molar refractivity (Wildman–Crippen MR) is 71.7 cm³/mol. The zero-order chi connectivity index (χ0) is 12.4. The van der Waals surface area contributed by atoms with Crippen LogP contribution >= 0.6 is 31.9 Å². The summed E-state index contributed by atoms with van der Waals surface area (Å²) in [6, 6.07) is 10.9. The van der Waals surface area contributed by atoms with Gasteiger partial charge in [-0.2, -0.15) is 0 Å². The van der Waals surface area contributed by atoms with Gasteiger partial charge in [0.2, 0.25) is 0 Å². The Morgan fingerprint density at radius 2 is 1.82 bits per heavy atom. The monoisotopic (exact) mass is 356 g/mol. The molecule has 0 radical (unpaired) electrons. The maximum absolute atomic E-state index is 13.0. The highest BCUT2D eigenvalue weighted by Crippen LogP contribution is 2.24. The van der Waals surface area contributed by atoms with E-state index in [1.165, 1.54) is 18.2 Å². The molecule has 0 aliphatic rings. The predicted octanol–water partition coefficient (Wildman–Crippen LogP) is 4.58. The number of hydrogen-bond acceptors (Lipinski definition) is 1. The van der Waals surface area contributed by atoms with Crippen molar-refractivity contribution in [2.45, 2.75) is 0 Å². The van der Waals surface area contributed by atoms with Crippen molar-refractivity contribution in [3.8, 4) is 0 Å². The van der Waals surface area contributed by atoms with Crippen LogP contribution in [0.4, 0.5) is 4.39 Å². The third kappa shape index (κ3) is 2.82. The third-order valence-corrected chi connectivity index (χ3v) is 3.41. The van der Waals surface area contributed by atoms with Gasteiger partial charge >= 0.3 is 0 Å². The molecule has 0 aromatic heterocycles. The smallest absolute Gasteiger partial charge is 0.194 e. The Morgan fingerprint density at radius 1 is 1.06 bits per heavy atom. The fourth-order valence-corrected chi connectivity index (χ4v) is 2.69. The third-order valence-electron chi connectivity index (χ3n) is 2.26. The lowest BCUT2D eigenvalue weighted by atomic mass is 10.0. The minimum absolute atomic E-state index is 0.205. The van der Waals surface area contributed by atoms with E-state index in [9.17, 15) is 9.18 Å². The van der Waals surface area contributed by atoms with Gasteiger partial charge in [-0.1, -0.05) is 28.1 Å². The van der Waals surface area contributed by atoms with E-state index in [-0.39, 0.29) is 5.78 Å². The number of rotatable bonds is 2. The molecule has 1 nitrogen and oxygen atoms in total. The largest absolute Gasteiger partial charge is 0.289 e. The number of carbonyl (C=O) groups excluding carboxylic acids is 1. The molecule has 0 fully saturated rings. The van der Waals surface area contributed by atoms with E-state index >= 15 is 0 Å². The maximum atomic E-state index is 13.0. The maximum Gasteiger partial charge on any atom is 0.194 e. The lowest BCUT2D eigenvalue weighted by molar-refractivity contribution is 0.103. The first-order chi connectivity index (χ1) is 8.08. The number of benzene rings is 2. The lowest BCUT2D eigenvalue weighted by Gasteiger charge is -2.04. The van der Waals surface area contributed by atoms with Crippen LogP contribution in [0, 0.1) is 5.82 Å². The molecule has 2 aromatic carbocycles. The Hall–Kier alpha value is -1.000. The van der Waals surface area contributed by atoms with Gasteiger partial charge in [0.25, 0.3) is 0 Å². The molecule has 0 heterocycles. The molecule has 0 saturated heterocycles. The summed E-state index contributed by atoms with van der Waals surface area (Å²) in [4.78, 5) is 12.1. The molecule has 0 bridgehead atoms. The summed E-state index contributed by atoms with van der Waals surface area (Å²) in [6.45, 7) is 0. The fourth-order valence-electron chi connectivity index (χ4n) is 1.46.